The van der Waals surface area contributed by atoms with Gasteiger partial charge in [-0.2, -0.15) is 4.98 Å². The van der Waals surface area contributed by atoms with Crippen LogP contribution < -0.4 is 19.9 Å². The molecule has 3 rings (SSSR count). The lowest BCUT2D eigenvalue weighted by Gasteiger charge is -2.28. The summed E-state index contributed by atoms with van der Waals surface area (Å²) < 4.78 is 10.5. The van der Waals surface area contributed by atoms with Gasteiger partial charge in [0.25, 0.3) is 5.91 Å². The highest BCUT2D eigenvalue weighted by atomic mass is 16.5. The molecule has 2 heterocycles. The summed E-state index contributed by atoms with van der Waals surface area (Å²) in [5, 5.41) is 2.89. The first-order chi connectivity index (χ1) is 12.6. The summed E-state index contributed by atoms with van der Waals surface area (Å²) in [7, 11) is 5.33. The van der Waals surface area contributed by atoms with E-state index < -0.39 is 0 Å². The van der Waals surface area contributed by atoms with Crippen molar-refractivity contribution in [1.82, 2.24) is 9.97 Å². The minimum atomic E-state index is -0.241. The van der Waals surface area contributed by atoms with Crippen LogP contribution >= 0.6 is 0 Å². The lowest BCUT2D eigenvalue weighted by molar-refractivity contribution is 0.102. The fourth-order valence-electron chi connectivity index (χ4n) is 2.67. The number of nitrogens with one attached hydrogen (secondary N) is 1. The molecule has 0 bridgehead atoms. The molecule has 138 valence electrons. The molecule has 26 heavy (non-hydrogen) atoms. The predicted molar refractivity (Wildman–Crippen MR) is 100 cm³/mol. The number of carbonyl (C=O) groups is 1. The number of methoxy groups -OCH3 is 1. The Morgan fingerprint density at radius 3 is 2.77 bits per heavy atom. The molecule has 1 aromatic heterocycles. The van der Waals surface area contributed by atoms with Crippen LogP contribution in [0.5, 0.6) is 5.75 Å². The van der Waals surface area contributed by atoms with Crippen LogP contribution in [0.1, 0.15) is 10.4 Å². The molecule has 1 N–H and O–H groups in total. The van der Waals surface area contributed by atoms with Crippen LogP contribution in [0.25, 0.3) is 0 Å². The Bertz CT molecular complexity index is 775. The van der Waals surface area contributed by atoms with Crippen LogP contribution in [-0.4, -0.2) is 63.4 Å². The molecule has 1 fully saturated rings. The molecule has 0 unspecified atom stereocenters. The van der Waals surface area contributed by atoms with Gasteiger partial charge in [-0.15, -0.1) is 0 Å². The zero-order valence-corrected chi connectivity index (χ0v) is 15.2. The average molecular weight is 357 g/mol. The zero-order chi connectivity index (χ0) is 18.5. The molecule has 1 aliphatic heterocycles. The summed E-state index contributed by atoms with van der Waals surface area (Å²) in [5.74, 6) is 1.67. The van der Waals surface area contributed by atoms with Crippen LogP contribution in [0, 0.1) is 0 Å². The molecule has 1 saturated heterocycles. The number of ether oxygens (including phenoxy) is 2. The van der Waals surface area contributed by atoms with Crippen LogP contribution in [-0.2, 0) is 4.74 Å². The summed E-state index contributed by atoms with van der Waals surface area (Å²) in [4.78, 5) is 25.5. The molecule has 2 aromatic rings. The molecular weight excluding hydrogens is 334 g/mol. The van der Waals surface area contributed by atoms with Gasteiger partial charge in [-0.1, -0.05) is 6.07 Å². The summed E-state index contributed by atoms with van der Waals surface area (Å²) >= 11 is 0. The molecule has 1 amide bonds. The number of carbonyl (C=O) groups excluding carboxylic acids is 1. The molecule has 8 nitrogen and oxygen atoms in total. The van der Waals surface area contributed by atoms with Crippen molar-refractivity contribution in [1.29, 1.82) is 0 Å². The number of hydrogen-bond donors (Lipinski definition) is 1. The second kappa shape index (κ2) is 8.01. The smallest absolute Gasteiger partial charge is 0.255 e. The number of nitrogens with zero attached hydrogens (tertiary/aromatic N) is 4. The van der Waals surface area contributed by atoms with Gasteiger partial charge in [0.05, 0.1) is 26.5 Å². The van der Waals surface area contributed by atoms with E-state index in [1.165, 1.54) is 0 Å². The van der Waals surface area contributed by atoms with Crippen molar-refractivity contribution in [3.05, 3.63) is 36.0 Å². The summed E-state index contributed by atoms with van der Waals surface area (Å²) in [5.41, 5.74) is 1.06. The third-order valence-electron chi connectivity index (χ3n) is 4.05. The minimum Gasteiger partial charge on any atom is -0.497 e. The van der Waals surface area contributed by atoms with Crippen LogP contribution in [0.3, 0.4) is 0 Å². The molecule has 0 saturated carbocycles. The van der Waals surface area contributed by atoms with Crippen LogP contribution in [0.2, 0.25) is 0 Å². The van der Waals surface area contributed by atoms with Gasteiger partial charge in [-0.05, 0) is 18.2 Å². The minimum absolute atomic E-state index is 0.241. The van der Waals surface area contributed by atoms with Crippen molar-refractivity contribution in [2.75, 3.05) is 62.6 Å². The maximum Gasteiger partial charge on any atom is 0.255 e. The summed E-state index contributed by atoms with van der Waals surface area (Å²) in [6.07, 6.45) is 1.64. The van der Waals surface area contributed by atoms with E-state index >= 15 is 0 Å². The number of anilines is 3. The Balaban J connectivity index is 1.83. The second-order valence-corrected chi connectivity index (χ2v) is 6.09. The Morgan fingerprint density at radius 2 is 2.08 bits per heavy atom. The van der Waals surface area contributed by atoms with E-state index in [0.717, 1.165) is 13.1 Å². The third-order valence-corrected chi connectivity index (χ3v) is 4.05. The van der Waals surface area contributed by atoms with Crippen LogP contribution in [0.15, 0.2) is 30.5 Å². The lowest BCUT2D eigenvalue weighted by Crippen LogP contribution is -2.37. The molecule has 1 aliphatic rings. The number of aromatic nitrogens is 2. The van der Waals surface area contributed by atoms with Crippen molar-refractivity contribution in [3.8, 4) is 5.75 Å². The first-order valence-electron chi connectivity index (χ1n) is 8.41. The monoisotopic (exact) mass is 357 g/mol. The topological polar surface area (TPSA) is 79.8 Å². The lowest BCUT2D eigenvalue weighted by atomic mass is 10.2. The van der Waals surface area contributed by atoms with Gasteiger partial charge < -0.3 is 24.6 Å². The third kappa shape index (κ3) is 4.02. The Labute approximate surface area is 152 Å². The number of morpholine rings is 1. The van der Waals surface area contributed by atoms with E-state index in [2.05, 4.69) is 20.2 Å². The highest BCUT2D eigenvalue weighted by Crippen LogP contribution is 2.25. The summed E-state index contributed by atoms with van der Waals surface area (Å²) in [6, 6.07) is 6.99. The Hall–Kier alpha value is -2.87. The number of amides is 1. The fraction of sp³-hybridized carbons (Fsp3) is 0.389. The zero-order valence-electron chi connectivity index (χ0n) is 15.2. The number of benzene rings is 1. The van der Waals surface area contributed by atoms with E-state index in [-0.39, 0.29) is 5.91 Å². The van der Waals surface area contributed by atoms with E-state index in [0.29, 0.717) is 42.0 Å². The second-order valence-electron chi connectivity index (χ2n) is 6.09. The van der Waals surface area contributed by atoms with E-state index in [1.54, 1.807) is 37.6 Å². The van der Waals surface area contributed by atoms with Crippen molar-refractivity contribution in [2.45, 2.75) is 0 Å². The molecule has 0 radical (unpaired) electrons. The Morgan fingerprint density at radius 1 is 1.31 bits per heavy atom. The van der Waals surface area contributed by atoms with Gasteiger partial charge in [0.1, 0.15) is 11.4 Å². The van der Waals surface area contributed by atoms with Gasteiger partial charge in [0.2, 0.25) is 5.95 Å². The first-order valence-corrected chi connectivity index (χ1v) is 8.41. The van der Waals surface area contributed by atoms with E-state index in [1.807, 2.05) is 19.0 Å². The molecular formula is C18H23N5O3. The van der Waals surface area contributed by atoms with Gasteiger partial charge in [-0.3, -0.25) is 4.79 Å². The maximum absolute atomic E-state index is 12.6. The van der Waals surface area contributed by atoms with Crippen molar-refractivity contribution in [3.63, 3.8) is 0 Å². The van der Waals surface area contributed by atoms with Gasteiger partial charge in [0, 0.05) is 32.7 Å². The molecule has 0 atom stereocenters. The first kappa shape index (κ1) is 17.9. The van der Waals surface area contributed by atoms with Crippen molar-refractivity contribution < 1.29 is 14.3 Å². The van der Waals surface area contributed by atoms with Gasteiger partial charge in [-0.25, -0.2) is 4.98 Å². The van der Waals surface area contributed by atoms with E-state index in [4.69, 9.17) is 9.47 Å². The summed E-state index contributed by atoms with van der Waals surface area (Å²) in [6.45, 7) is 2.83. The standard InChI is InChI=1S/C18H23N5O3/c1-22(2)16-15(12-19-18(21-16)23-7-9-26-10-8-23)20-17(24)13-5-4-6-14(11-13)25-3/h4-6,11-12H,7-10H2,1-3H3,(H,20,24). The van der Waals surface area contributed by atoms with Gasteiger partial charge in [0.15, 0.2) is 5.82 Å². The number of rotatable bonds is 5. The molecule has 0 spiro atoms. The normalized spacial score (nSPS) is 14.0. The molecule has 0 aliphatic carbocycles. The predicted octanol–water partition coefficient (Wildman–Crippen LogP) is 1.64. The molecule has 8 heteroatoms. The van der Waals surface area contributed by atoms with E-state index in [9.17, 15) is 4.79 Å². The largest absolute Gasteiger partial charge is 0.497 e. The van der Waals surface area contributed by atoms with Crippen molar-refractivity contribution in [2.24, 2.45) is 0 Å². The molecule has 1 aromatic carbocycles. The average Bonchev–Trinajstić information content (AvgIpc) is 2.68. The fourth-order valence-corrected chi connectivity index (χ4v) is 2.67. The Kier molecular flexibility index (Phi) is 5.52. The number of hydrogen-bond acceptors (Lipinski definition) is 7. The maximum atomic E-state index is 12.6. The van der Waals surface area contributed by atoms with Gasteiger partial charge >= 0.3 is 0 Å². The highest BCUT2D eigenvalue weighted by Gasteiger charge is 2.18. The highest BCUT2D eigenvalue weighted by molar-refractivity contribution is 6.05. The van der Waals surface area contributed by atoms with Crippen LogP contribution in [0.4, 0.5) is 17.5 Å². The SMILES string of the molecule is COc1cccc(C(=O)Nc2cnc(N3CCOCC3)nc2N(C)C)c1. The quantitative estimate of drug-likeness (QED) is 0.871. The van der Waals surface area contributed by atoms with Crippen molar-refractivity contribution >= 4 is 23.4 Å².